The molecule has 0 spiro atoms. The van der Waals surface area contributed by atoms with Gasteiger partial charge in [-0.25, -0.2) is 4.39 Å². The van der Waals surface area contributed by atoms with E-state index in [0.717, 1.165) is 26.2 Å². The molecular formula is C16H23Cl2FN2. The lowest BCUT2D eigenvalue weighted by Gasteiger charge is -2.38. The van der Waals surface area contributed by atoms with Gasteiger partial charge < -0.3 is 5.32 Å². The van der Waals surface area contributed by atoms with E-state index in [0.29, 0.717) is 12.0 Å². The Morgan fingerprint density at radius 3 is 2.48 bits per heavy atom. The van der Waals surface area contributed by atoms with Gasteiger partial charge in [0.2, 0.25) is 0 Å². The Labute approximate surface area is 137 Å². The van der Waals surface area contributed by atoms with Crippen molar-refractivity contribution in [2.45, 2.75) is 31.7 Å². The van der Waals surface area contributed by atoms with Crippen LogP contribution in [0.4, 0.5) is 4.39 Å². The summed E-state index contributed by atoms with van der Waals surface area (Å²) in [4.78, 5) is 2.55. The number of nitrogens with one attached hydrogen (secondary N) is 1. The summed E-state index contributed by atoms with van der Waals surface area (Å²) in [5.41, 5.74) is 1.19. The van der Waals surface area contributed by atoms with Gasteiger partial charge in [-0.05, 0) is 36.5 Å². The molecule has 0 amide bonds. The first-order valence-corrected chi connectivity index (χ1v) is 8.03. The summed E-state index contributed by atoms with van der Waals surface area (Å²) in [7, 11) is 0. The maximum atomic E-state index is 13.4. The van der Waals surface area contributed by atoms with Gasteiger partial charge in [0.25, 0.3) is 0 Å². The molecule has 21 heavy (non-hydrogen) atoms. The summed E-state index contributed by atoms with van der Waals surface area (Å²) < 4.78 is 13.4. The molecule has 1 N–H and O–H groups in total. The van der Waals surface area contributed by atoms with E-state index in [1.165, 1.54) is 37.3 Å². The van der Waals surface area contributed by atoms with Crippen LogP contribution in [-0.2, 0) is 0 Å². The van der Waals surface area contributed by atoms with Gasteiger partial charge in [0.15, 0.2) is 0 Å². The number of hydrogen-bond donors (Lipinski definition) is 1. The van der Waals surface area contributed by atoms with E-state index in [1.807, 2.05) is 12.1 Å². The molecule has 3 rings (SSSR count). The monoisotopic (exact) mass is 332 g/mol. The van der Waals surface area contributed by atoms with Gasteiger partial charge in [-0.1, -0.05) is 30.5 Å². The van der Waals surface area contributed by atoms with Crippen LogP contribution in [0.5, 0.6) is 0 Å². The van der Waals surface area contributed by atoms with Crippen molar-refractivity contribution in [3.63, 3.8) is 0 Å². The molecule has 1 aromatic carbocycles. The van der Waals surface area contributed by atoms with Crippen LogP contribution in [0.15, 0.2) is 18.2 Å². The van der Waals surface area contributed by atoms with Crippen LogP contribution in [0.25, 0.3) is 0 Å². The molecule has 1 saturated carbocycles. The molecule has 1 aliphatic heterocycles. The molecule has 5 heteroatoms. The van der Waals surface area contributed by atoms with Crippen LogP contribution in [-0.4, -0.2) is 31.1 Å². The Bertz CT molecular complexity index is 458. The minimum absolute atomic E-state index is 0. The van der Waals surface area contributed by atoms with Crippen LogP contribution >= 0.6 is 24.0 Å². The lowest BCUT2D eigenvalue weighted by molar-refractivity contribution is 0.125. The quantitative estimate of drug-likeness (QED) is 0.898. The molecule has 2 fully saturated rings. The Kier molecular flexibility index (Phi) is 6.30. The molecule has 2 nitrogen and oxygen atoms in total. The van der Waals surface area contributed by atoms with Gasteiger partial charge in [-0.2, -0.15) is 0 Å². The van der Waals surface area contributed by atoms with E-state index in [2.05, 4.69) is 10.2 Å². The van der Waals surface area contributed by atoms with Gasteiger partial charge in [0.1, 0.15) is 5.82 Å². The molecular weight excluding hydrogens is 310 g/mol. The highest BCUT2D eigenvalue weighted by Gasteiger charge is 2.32. The molecule has 0 radical (unpaired) electrons. The molecule has 0 bridgehead atoms. The van der Waals surface area contributed by atoms with E-state index < -0.39 is 0 Å². The zero-order valence-corrected chi connectivity index (χ0v) is 13.7. The fraction of sp³-hybridized carbons (Fsp3) is 0.625. The van der Waals surface area contributed by atoms with E-state index >= 15 is 0 Å². The van der Waals surface area contributed by atoms with E-state index in [-0.39, 0.29) is 23.2 Å². The minimum atomic E-state index is -0.319. The van der Waals surface area contributed by atoms with Gasteiger partial charge in [0.05, 0.1) is 5.02 Å². The summed E-state index contributed by atoms with van der Waals surface area (Å²) in [6.45, 7) is 4.21. The van der Waals surface area contributed by atoms with Crippen LogP contribution in [0.2, 0.25) is 5.02 Å². The van der Waals surface area contributed by atoms with E-state index in [4.69, 9.17) is 11.6 Å². The van der Waals surface area contributed by atoms with E-state index in [1.54, 1.807) is 0 Å². The van der Waals surface area contributed by atoms with Gasteiger partial charge >= 0.3 is 0 Å². The summed E-state index contributed by atoms with van der Waals surface area (Å²) in [5.74, 6) is 0.371. The molecule has 1 saturated heterocycles. The fourth-order valence-corrected chi connectivity index (χ4v) is 3.90. The average molecular weight is 333 g/mol. The third-order valence-corrected chi connectivity index (χ3v) is 4.97. The largest absolute Gasteiger partial charge is 0.314 e. The lowest BCUT2D eigenvalue weighted by Crippen LogP contribution is -2.46. The van der Waals surface area contributed by atoms with Crippen molar-refractivity contribution in [3.8, 4) is 0 Å². The van der Waals surface area contributed by atoms with Crippen LogP contribution < -0.4 is 5.32 Å². The van der Waals surface area contributed by atoms with Crippen LogP contribution in [0, 0.1) is 11.7 Å². The van der Waals surface area contributed by atoms with Crippen molar-refractivity contribution in [1.82, 2.24) is 10.2 Å². The average Bonchev–Trinajstić information content (AvgIpc) is 2.98. The molecule has 1 heterocycles. The van der Waals surface area contributed by atoms with Crippen molar-refractivity contribution in [1.29, 1.82) is 0 Å². The SMILES string of the molecule is Cl.Fc1ccc([C@@H](C2CCCC2)N2CCNCC2)cc1Cl. The maximum Gasteiger partial charge on any atom is 0.141 e. The van der Waals surface area contributed by atoms with Crippen molar-refractivity contribution in [3.05, 3.63) is 34.6 Å². The summed E-state index contributed by atoms with van der Waals surface area (Å²) >= 11 is 6.00. The van der Waals surface area contributed by atoms with Crippen LogP contribution in [0.3, 0.4) is 0 Å². The third-order valence-electron chi connectivity index (χ3n) is 4.68. The molecule has 2 aliphatic rings. The smallest absolute Gasteiger partial charge is 0.141 e. The summed E-state index contributed by atoms with van der Waals surface area (Å²) in [5, 5.41) is 3.65. The molecule has 1 aliphatic carbocycles. The Hall–Kier alpha value is -0.350. The van der Waals surface area contributed by atoms with Gasteiger partial charge in [-0.15, -0.1) is 12.4 Å². The first-order valence-electron chi connectivity index (χ1n) is 7.65. The lowest BCUT2D eigenvalue weighted by atomic mass is 9.89. The Morgan fingerprint density at radius 1 is 1.19 bits per heavy atom. The van der Waals surface area contributed by atoms with Crippen molar-refractivity contribution >= 4 is 24.0 Å². The number of halogens is 3. The predicted octanol–water partition coefficient (Wildman–Crippen LogP) is 4.04. The number of nitrogens with zero attached hydrogens (tertiary/aromatic N) is 1. The normalized spacial score (nSPS) is 22.0. The highest BCUT2D eigenvalue weighted by Crippen LogP contribution is 2.40. The topological polar surface area (TPSA) is 15.3 Å². The zero-order valence-electron chi connectivity index (χ0n) is 12.2. The first kappa shape index (κ1) is 17.0. The summed E-state index contributed by atoms with van der Waals surface area (Å²) in [6, 6.07) is 5.67. The van der Waals surface area contributed by atoms with Crippen molar-refractivity contribution in [2.24, 2.45) is 5.92 Å². The molecule has 1 atom stereocenters. The second-order valence-electron chi connectivity index (χ2n) is 5.95. The van der Waals surface area contributed by atoms with Crippen molar-refractivity contribution in [2.75, 3.05) is 26.2 Å². The molecule has 1 aromatic rings. The first-order chi connectivity index (χ1) is 9.75. The Morgan fingerprint density at radius 2 is 1.86 bits per heavy atom. The standard InChI is InChI=1S/C16H22ClFN2.ClH/c17-14-11-13(5-6-15(14)18)16(12-3-1-2-4-12)20-9-7-19-8-10-20;/h5-6,11-12,16,19H,1-4,7-10H2;1H/t16-;/m1./s1. The second-order valence-corrected chi connectivity index (χ2v) is 6.36. The summed E-state index contributed by atoms with van der Waals surface area (Å²) in [6.07, 6.45) is 5.21. The van der Waals surface area contributed by atoms with Gasteiger partial charge in [-0.3, -0.25) is 4.90 Å². The van der Waals surface area contributed by atoms with Crippen LogP contribution in [0.1, 0.15) is 37.3 Å². The highest BCUT2D eigenvalue weighted by molar-refractivity contribution is 6.30. The van der Waals surface area contributed by atoms with Gasteiger partial charge in [0, 0.05) is 32.2 Å². The Balaban J connectivity index is 0.00000161. The zero-order chi connectivity index (χ0) is 13.9. The second kappa shape index (κ2) is 7.77. The number of hydrogen-bond acceptors (Lipinski definition) is 2. The number of rotatable bonds is 3. The molecule has 0 aromatic heterocycles. The fourth-order valence-electron chi connectivity index (χ4n) is 3.71. The van der Waals surface area contributed by atoms with Crippen molar-refractivity contribution < 1.29 is 4.39 Å². The molecule has 0 unspecified atom stereocenters. The highest BCUT2D eigenvalue weighted by atomic mass is 35.5. The maximum absolute atomic E-state index is 13.4. The number of benzene rings is 1. The minimum Gasteiger partial charge on any atom is -0.314 e. The number of piperazine rings is 1. The third kappa shape index (κ3) is 3.89. The molecule has 118 valence electrons. The van der Waals surface area contributed by atoms with E-state index in [9.17, 15) is 4.39 Å². The predicted molar refractivity (Wildman–Crippen MR) is 87.8 cm³/mol.